The average Bonchev–Trinajstić information content (AvgIpc) is 2.81. The van der Waals surface area contributed by atoms with Crippen molar-refractivity contribution in [2.24, 2.45) is 0 Å². The number of ether oxygens (including phenoxy) is 2. The molecule has 1 aliphatic rings. The van der Waals surface area contributed by atoms with Crippen LogP contribution >= 0.6 is 0 Å². The monoisotopic (exact) mass is 275 g/mol. The summed E-state index contributed by atoms with van der Waals surface area (Å²) in [6.45, 7) is 2.27. The molecule has 1 amide bonds. The van der Waals surface area contributed by atoms with Crippen molar-refractivity contribution in [1.82, 2.24) is 5.32 Å². The first kappa shape index (κ1) is 14.1. The first-order valence-corrected chi connectivity index (χ1v) is 6.42. The van der Waals surface area contributed by atoms with Crippen LogP contribution in [0.4, 0.5) is 0 Å². The van der Waals surface area contributed by atoms with Crippen LogP contribution in [-0.2, 0) is 16.0 Å². The summed E-state index contributed by atoms with van der Waals surface area (Å²) in [4.78, 5) is 22.8. The minimum atomic E-state index is -0.442. The number of hydrogen-bond acceptors (Lipinski definition) is 4. The molecule has 0 bridgehead atoms. The largest absolute Gasteiger partial charge is 0.490 e. The molecule has 1 heterocycles. The molecule has 5 nitrogen and oxygen atoms in total. The minimum absolute atomic E-state index is 0.159. The Morgan fingerprint density at radius 1 is 1.50 bits per heavy atom. The molecule has 2 rings (SSSR count). The first-order chi connectivity index (χ1) is 9.60. The molecule has 1 N–H and O–H groups in total. The molecular weight excluding hydrogens is 258 g/mol. The fourth-order valence-electron chi connectivity index (χ4n) is 2.04. The second-order valence-electron chi connectivity index (χ2n) is 4.59. The van der Waals surface area contributed by atoms with E-state index in [2.05, 4.69) is 10.1 Å². The summed E-state index contributed by atoms with van der Waals surface area (Å²) >= 11 is 0. The third-order valence-corrected chi connectivity index (χ3v) is 2.99. The van der Waals surface area contributed by atoms with Crippen LogP contribution in [-0.4, -0.2) is 31.6 Å². The highest BCUT2D eigenvalue weighted by Gasteiger charge is 2.20. The number of amides is 1. The van der Waals surface area contributed by atoms with Crippen LogP contribution in [0.1, 0.15) is 22.8 Å². The number of fused-ring (bicyclic) bond motifs is 1. The number of esters is 1. The van der Waals surface area contributed by atoms with Crippen molar-refractivity contribution < 1.29 is 19.1 Å². The van der Waals surface area contributed by atoms with Crippen LogP contribution in [0.25, 0.3) is 0 Å². The van der Waals surface area contributed by atoms with Gasteiger partial charge >= 0.3 is 5.97 Å². The maximum absolute atomic E-state index is 11.9. The summed E-state index contributed by atoms with van der Waals surface area (Å²) in [7, 11) is 1.30. The third kappa shape index (κ3) is 3.38. The van der Waals surface area contributed by atoms with Gasteiger partial charge in [0, 0.05) is 24.6 Å². The second-order valence-corrected chi connectivity index (χ2v) is 4.59. The highest BCUT2D eigenvalue weighted by atomic mass is 16.5. The van der Waals surface area contributed by atoms with Crippen LogP contribution in [0.3, 0.4) is 0 Å². The lowest BCUT2D eigenvalue weighted by atomic mass is 10.1. The summed E-state index contributed by atoms with van der Waals surface area (Å²) in [5.74, 6) is 0.226. The van der Waals surface area contributed by atoms with Crippen molar-refractivity contribution in [3.05, 3.63) is 41.5 Å². The van der Waals surface area contributed by atoms with Gasteiger partial charge in [0.15, 0.2) is 0 Å². The summed E-state index contributed by atoms with van der Waals surface area (Å²) in [6, 6.07) is 5.40. The zero-order valence-corrected chi connectivity index (χ0v) is 11.5. The van der Waals surface area contributed by atoms with Gasteiger partial charge in [0.05, 0.1) is 7.11 Å². The molecule has 0 fully saturated rings. The molecule has 0 saturated heterocycles. The fourth-order valence-corrected chi connectivity index (χ4v) is 2.04. The molecule has 0 aromatic heterocycles. The van der Waals surface area contributed by atoms with Gasteiger partial charge in [-0.1, -0.05) is 6.08 Å². The summed E-state index contributed by atoms with van der Waals surface area (Å²) in [5, 5.41) is 2.71. The molecule has 20 heavy (non-hydrogen) atoms. The molecule has 1 aromatic rings. The van der Waals surface area contributed by atoms with Gasteiger partial charge in [-0.25, -0.2) is 4.79 Å². The third-order valence-electron chi connectivity index (χ3n) is 2.99. The molecule has 5 heteroatoms. The van der Waals surface area contributed by atoms with Gasteiger partial charge < -0.3 is 14.8 Å². The summed E-state index contributed by atoms with van der Waals surface area (Å²) < 4.78 is 10.0. The zero-order valence-electron chi connectivity index (χ0n) is 11.5. The van der Waals surface area contributed by atoms with Crippen molar-refractivity contribution in [1.29, 1.82) is 0 Å². The number of hydrogen-bond donors (Lipinski definition) is 1. The van der Waals surface area contributed by atoms with E-state index in [4.69, 9.17) is 4.74 Å². The van der Waals surface area contributed by atoms with E-state index in [1.807, 2.05) is 19.1 Å². The van der Waals surface area contributed by atoms with Crippen LogP contribution in [0.2, 0.25) is 0 Å². The van der Waals surface area contributed by atoms with Crippen molar-refractivity contribution in [3.63, 3.8) is 0 Å². The SMILES string of the molecule is COC(=O)/C=C/CNC(=O)c1ccc2c(c1)CC(C)O2. The van der Waals surface area contributed by atoms with Crippen molar-refractivity contribution in [2.45, 2.75) is 19.4 Å². The van der Waals surface area contributed by atoms with Crippen molar-refractivity contribution >= 4 is 11.9 Å². The maximum Gasteiger partial charge on any atom is 0.330 e. The van der Waals surface area contributed by atoms with E-state index in [0.29, 0.717) is 5.56 Å². The van der Waals surface area contributed by atoms with Crippen molar-refractivity contribution in [2.75, 3.05) is 13.7 Å². The van der Waals surface area contributed by atoms with E-state index in [-0.39, 0.29) is 18.6 Å². The first-order valence-electron chi connectivity index (χ1n) is 6.42. The lowest BCUT2D eigenvalue weighted by molar-refractivity contribution is -0.134. The molecule has 106 valence electrons. The topological polar surface area (TPSA) is 64.6 Å². The Kier molecular flexibility index (Phi) is 4.40. The lowest BCUT2D eigenvalue weighted by Gasteiger charge is -2.04. The molecule has 1 atom stereocenters. The van der Waals surface area contributed by atoms with E-state index in [9.17, 15) is 9.59 Å². The molecule has 0 radical (unpaired) electrons. The fraction of sp³-hybridized carbons (Fsp3) is 0.333. The summed E-state index contributed by atoms with van der Waals surface area (Å²) in [6.07, 6.45) is 3.80. The van der Waals surface area contributed by atoms with Gasteiger partial charge in [-0.15, -0.1) is 0 Å². The molecule has 1 unspecified atom stereocenters. The summed E-state index contributed by atoms with van der Waals surface area (Å²) in [5.41, 5.74) is 1.64. The van der Waals surface area contributed by atoms with Gasteiger partial charge in [-0.2, -0.15) is 0 Å². The highest BCUT2D eigenvalue weighted by Crippen LogP contribution is 2.29. The predicted octanol–water partition coefficient (Wildman–Crippen LogP) is 1.47. The predicted molar refractivity (Wildman–Crippen MR) is 73.7 cm³/mol. The lowest BCUT2D eigenvalue weighted by Crippen LogP contribution is -2.23. The molecule has 1 aliphatic heterocycles. The van der Waals surface area contributed by atoms with Gasteiger partial charge in [-0.3, -0.25) is 4.79 Å². The Hall–Kier alpha value is -2.30. The van der Waals surface area contributed by atoms with Crippen LogP contribution in [0.5, 0.6) is 5.75 Å². The Balaban J connectivity index is 1.92. The van der Waals surface area contributed by atoms with E-state index >= 15 is 0 Å². The number of nitrogens with one attached hydrogen (secondary N) is 1. The van der Waals surface area contributed by atoms with Gasteiger partial charge in [0.1, 0.15) is 11.9 Å². The Morgan fingerprint density at radius 2 is 2.30 bits per heavy atom. The number of carbonyl (C=O) groups excluding carboxylic acids is 2. The Morgan fingerprint density at radius 3 is 3.05 bits per heavy atom. The molecule has 0 spiro atoms. The minimum Gasteiger partial charge on any atom is -0.490 e. The molecule has 0 aliphatic carbocycles. The Bertz CT molecular complexity index is 551. The van der Waals surface area contributed by atoms with E-state index < -0.39 is 5.97 Å². The number of rotatable bonds is 4. The van der Waals surface area contributed by atoms with E-state index in [0.717, 1.165) is 17.7 Å². The molecule has 1 aromatic carbocycles. The standard InChI is InChI=1S/C15H17NO4/c1-10-8-12-9-11(5-6-13(12)20-10)15(18)16-7-3-4-14(17)19-2/h3-6,9-10H,7-8H2,1-2H3,(H,16,18)/b4-3+. The van der Waals surface area contributed by atoms with Crippen molar-refractivity contribution in [3.8, 4) is 5.75 Å². The number of benzene rings is 1. The quantitative estimate of drug-likeness (QED) is 0.667. The zero-order chi connectivity index (χ0) is 14.5. The normalized spacial score (nSPS) is 16.6. The van der Waals surface area contributed by atoms with Gasteiger partial charge in [-0.05, 0) is 30.7 Å². The second kappa shape index (κ2) is 6.23. The number of carbonyl (C=O) groups is 2. The average molecular weight is 275 g/mol. The van der Waals surface area contributed by atoms with Gasteiger partial charge in [0.25, 0.3) is 5.91 Å². The molecular formula is C15H17NO4. The van der Waals surface area contributed by atoms with Crippen LogP contribution in [0, 0.1) is 0 Å². The highest BCUT2D eigenvalue weighted by molar-refractivity contribution is 5.94. The van der Waals surface area contributed by atoms with Gasteiger partial charge in [0.2, 0.25) is 0 Å². The molecule has 0 saturated carbocycles. The number of methoxy groups -OCH3 is 1. The smallest absolute Gasteiger partial charge is 0.330 e. The maximum atomic E-state index is 11.9. The van der Waals surface area contributed by atoms with E-state index in [1.54, 1.807) is 12.1 Å². The Labute approximate surface area is 117 Å². The van der Waals surface area contributed by atoms with Crippen LogP contribution < -0.4 is 10.1 Å². The van der Waals surface area contributed by atoms with E-state index in [1.165, 1.54) is 13.2 Å². The van der Waals surface area contributed by atoms with Crippen LogP contribution in [0.15, 0.2) is 30.4 Å².